The number of likely N-dealkylation sites (tertiary alicyclic amines) is 1. The molecule has 2 aromatic rings. The van der Waals surface area contributed by atoms with E-state index in [1.54, 1.807) is 6.07 Å². The van der Waals surface area contributed by atoms with Gasteiger partial charge >= 0.3 is 0 Å². The van der Waals surface area contributed by atoms with Gasteiger partial charge in [-0.1, -0.05) is 29.3 Å². The maximum absolute atomic E-state index is 15.0. The first-order valence-corrected chi connectivity index (χ1v) is 14.2. The van der Waals surface area contributed by atoms with E-state index in [9.17, 15) is 17.6 Å². The molecule has 10 heteroatoms. The zero-order valence-corrected chi connectivity index (χ0v) is 21.4. The van der Waals surface area contributed by atoms with Gasteiger partial charge in [0.2, 0.25) is 10.0 Å². The van der Waals surface area contributed by atoms with Crippen molar-refractivity contribution in [3.8, 4) is 5.75 Å². The number of amides is 1. The number of sulfonamides is 1. The lowest BCUT2D eigenvalue weighted by Gasteiger charge is -2.33. The molecule has 1 amide bonds. The number of piperidine rings is 1. The number of ether oxygens (including phenoxy) is 1. The monoisotopic (exact) mass is 540 g/mol. The molecule has 35 heavy (non-hydrogen) atoms. The van der Waals surface area contributed by atoms with Crippen molar-refractivity contribution in [2.75, 3.05) is 13.1 Å². The average molecular weight is 541 g/mol. The van der Waals surface area contributed by atoms with E-state index in [1.807, 2.05) is 16.9 Å². The van der Waals surface area contributed by atoms with E-state index in [0.29, 0.717) is 41.7 Å². The molecule has 0 aromatic heterocycles. The van der Waals surface area contributed by atoms with E-state index in [2.05, 4.69) is 4.90 Å². The summed E-state index contributed by atoms with van der Waals surface area (Å²) in [5.74, 6) is -1.09. The number of hydrogen-bond acceptors (Lipinski definition) is 5. The molecule has 6 nitrogen and oxygen atoms in total. The van der Waals surface area contributed by atoms with Crippen LogP contribution < -0.4 is 9.46 Å². The highest BCUT2D eigenvalue weighted by molar-refractivity contribution is 7.91. The quantitative estimate of drug-likeness (QED) is 0.493. The summed E-state index contributed by atoms with van der Waals surface area (Å²) in [5.41, 5.74) is 1.49. The molecule has 1 saturated heterocycles. The molecule has 2 aromatic carbocycles. The summed E-state index contributed by atoms with van der Waals surface area (Å²) in [6.07, 6.45) is 4.52. The fourth-order valence-electron chi connectivity index (χ4n) is 4.53. The fraction of sp³-hybridized carbons (Fsp3) is 0.480. The summed E-state index contributed by atoms with van der Waals surface area (Å²) >= 11 is 12.3. The molecule has 0 spiro atoms. The number of rotatable bonds is 8. The Morgan fingerprint density at radius 3 is 2.57 bits per heavy atom. The standard InChI is InChI=1S/C25H27Cl2FN2O4S/c26-17-6-5-16(22(27)10-17)13-30-9-1-2-18(14-30)34-24-12-23(28)21(11-20(24)15-3-4-15)25(31)29-35(32,33)19-7-8-19/h5-6,10-12,15,18-19H,1-4,7-9,13-14H2,(H,29,31). The Kier molecular flexibility index (Phi) is 7.00. The third-order valence-electron chi connectivity index (χ3n) is 6.72. The molecule has 5 rings (SSSR count). The Morgan fingerprint density at radius 2 is 1.89 bits per heavy atom. The average Bonchev–Trinajstić information content (AvgIpc) is 3.68. The van der Waals surface area contributed by atoms with Gasteiger partial charge in [0, 0.05) is 29.2 Å². The Labute approximate surface area is 214 Å². The molecule has 1 heterocycles. The molecule has 3 fully saturated rings. The van der Waals surface area contributed by atoms with Crippen LogP contribution in [0.4, 0.5) is 4.39 Å². The van der Waals surface area contributed by atoms with Crippen LogP contribution in [0.15, 0.2) is 30.3 Å². The molecule has 1 aliphatic heterocycles. The van der Waals surface area contributed by atoms with E-state index in [4.69, 9.17) is 27.9 Å². The number of carbonyl (C=O) groups is 1. The van der Waals surface area contributed by atoms with Crippen LogP contribution in [0.5, 0.6) is 5.75 Å². The predicted molar refractivity (Wildman–Crippen MR) is 133 cm³/mol. The minimum atomic E-state index is -3.76. The van der Waals surface area contributed by atoms with Crippen molar-refractivity contribution in [3.05, 3.63) is 62.9 Å². The SMILES string of the molecule is O=C(NS(=O)(=O)C1CC1)c1cc(C2CC2)c(OC2CCCN(Cc3ccc(Cl)cc3Cl)C2)cc1F. The van der Waals surface area contributed by atoms with E-state index in [0.717, 1.165) is 43.4 Å². The maximum atomic E-state index is 15.0. The van der Waals surface area contributed by atoms with Gasteiger partial charge in [0.25, 0.3) is 5.91 Å². The predicted octanol–water partition coefficient (Wildman–Crippen LogP) is 5.28. The summed E-state index contributed by atoms with van der Waals surface area (Å²) in [7, 11) is -3.76. The third-order valence-corrected chi connectivity index (χ3v) is 9.13. The molecule has 1 unspecified atom stereocenters. The van der Waals surface area contributed by atoms with Crippen LogP contribution in [0.3, 0.4) is 0 Å². The number of nitrogens with one attached hydrogen (secondary N) is 1. The molecule has 0 radical (unpaired) electrons. The molecular formula is C25H27Cl2FN2O4S. The lowest BCUT2D eigenvalue weighted by molar-refractivity contribution is 0.0832. The van der Waals surface area contributed by atoms with E-state index in [1.165, 1.54) is 12.1 Å². The summed E-state index contributed by atoms with van der Waals surface area (Å²) in [5, 5.41) is 0.656. The molecule has 0 bridgehead atoms. The van der Waals surface area contributed by atoms with Crippen molar-refractivity contribution >= 4 is 39.1 Å². The van der Waals surface area contributed by atoms with Crippen LogP contribution in [0, 0.1) is 5.82 Å². The van der Waals surface area contributed by atoms with Gasteiger partial charge in [-0.2, -0.15) is 0 Å². The first-order chi connectivity index (χ1) is 16.7. The number of nitrogens with zero attached hydrogens (tertiary/aromatic N) is 1. The summed E-state index contributed by atoms with van der Waals surface area (Å²) in [6, 6.07) is 8.17. The van der Waals surface area contributed by atoms with Crippen LogP contribution in [0.2, 0.25) is 10.0 Å². The lowest BCUT2D eigenvalue weighted by atomic mass is 10.0. The minimum Gasteiger partial charge on any atom is -0.489 e. The first kappa shape index (κ1) is 24.8. The number of carbonyl (C=O) groups excluding carboxylic acids is 1. The zero-order chi connectivity index (χ0) is 24.7. The zero-order valence-electron chi connectivity index (χ0n) is 19.1. The second-order valence-electron chi connectivity index (χ2n) is 9.67. The molecule has 188 valence electrons. The number of benzene rings is 2. The molecular weight excluding hydrogens is 514 g/mol. The van der Waals surface area contributed by atoms with Crippen LogP contribution in [0.25, 0.3) is 0 Å². The van der Waals surface area contributed by atoms with Gasteiger partial charge in [-0.3, -0.25) is 9.69 Å². The smallest absolute Gasteiger partial charge is 0.267 e. The highest BCUT2D eigenvalue weighted by atomic mass is 35.5. The highest BCUT2D eigenvalue weighted by Crippen LogP contribution is 2.45. The van der Waals surface area contributed by atoms with Gasteiger partial charge in [0.1, 0.15) is 17.7 Å². The second-order valence-corrected chi connectivity index (χ2v) is 12.5. The Balaban J connectivity index is 1.30. The molecule has 2 saturated carbocycles. The number of halogens is 3. The van der Waals surface area contributed by atoms with Gasteiger partial charge < -0.3 is 4.74 Å². The van der Waals surface area contributed by atoms with Crippen molar-refractivity contribution in [2.45, 2.75) is 62.3 Å². The van der Waals surface area contributed by atoms with Gasteiger partial charge in [-0.25, -0.2) is 17.5 Å². The summed E-state index contributed by atoms with van der Waals surface area (Å²) in [4.78, 5) is 14.8. The van der Waals surface area contributed by atoms with Crippen molar-refractivity contribution in [2.24, 2.45) is 0 Å². The Morgan fingerprint density at radius 1 is 1.11 bits per heavy atom. The van der Waals surface area contributed by atoms with Crippen molar-refractivity contribution in [1.29, 1.82) is 0 Å². The maximum Gasteiger partial charge on any atom is 0.267 e. The minimum absolute atomic E-state index is 0.137. The van der Waals surface area contributed by atoms with Gasteiger partial charge in [-0.05, 0) is 80.3 Å². The van der Waals surface area contributed by atoms with Crippen molar-refractivity contribution in [1.82, 2.24) is 9.62 Å². The van der Waals surface area contributed by atoms with Crippen LogP contribution in [-0.4, -0.2) is 43.7 Å². The highest BCUT2D eigenvalue weighted by Gasteiger charge is 2.38. The molecule has 1 atom stereocenters. The van der Waals surface area contributed by atoms with Gasteiger partial charge in [0.05, 0.1) is 10.8 Å². The topological polar surface area (TPSA) is 75.7 Å². The first-order valence-electron chi connectivity index (χ1n) is 11.9. The lowest BCUT2D eigenvalue weighted by Crippen LogP contribution is -2.40. The van der Waals surface area contributed by atoms with E-state index < -0.39 is 27.0 Å². The molecule has 3 aliphatic rings. The van der Waals surface area contributed by atoms with Crippen molar-refractivity contribution in [3.63, 3.8) is 0 Å². The Hall–Kier alpha value is -1.87. The fourth-order valence-corrected chi connectivity index (χ4v) is 6.29. The second kappa shape index (κ2) is 9.88. The normalized spacial score (nSPS) is 21.1. The summed E-state index contributed by atoms with van der Waals surface area (Å²) in [6.45, 7) is 2.22. The largest absolute Gasteiger partial charge is 0.489 e. The van der Waals surface area contributed by atoms with Crippen LogP contribution in [-0.2, 0) is 16.6 Å². The van der Waals surface area contributed by atoms with E-state index >= 15 is 0 Å². The molecule has 2 aliphatic carbocycles. The van der Waals surface area contributed by atoms with Crippen LogP contribution >= 0.6 is 23.2 Å². The van der Waals surface area contributed by atoms with E-state index in [-0.39, 0.29) is 17.6 Å². The van der Waals surface area contributed by atoms with Gasteiger partial charge in [-0.15, -0.1) is 0 Å². The molecule has 1 N–H and O–H groups in total. The third kappa shape index (κ3) is 5.93. The van der Waals surface area contributed by atoms with Crippen molar-refractivity contribution < 1.29 is 22.3 Å². The number of hydrogen-bond donors (Lipinski definition) is 1. The summed E-state index contributed by atoms with van der Waals surface area (Å²) < 4.78 is 47.6. The van der Waals surface area contributed by atoms with Gasteiger partial charge in [0.15, 0.2) is 0 Å². The Bertz CT molecular complexity index is 1250. The van der Waals surface area contributed by atoms with Crippen LogP contribution in [0.1, 0.15) is 65.9 Å².